The van der Waals surface area contributed by atoms with Crippen LogP contribution in [0.1, 0.15) is 98.8 Å². The number of aliphatic hydroxyl groups is 2. The van der Waals surface area contributed by atoms with Crippen molar-refractivity contribution < 1.29 is 10.2 Å². The summed E-state index contributed by atoms with van der Waals surface area (Å²) in [5.74, 6) is 2.21. The van der Waals surface area contributed by atoms with Crippen molar-refractivity contribution in [3.8, 4) is 0 Å². The van der Waals surface area contributed by atoms with Crippen LogP contribution in [0.5, 0.6) is 0 Å². The molecule has 3 aliphatic carbocycles. The maximum Gasteiger partial charge on any atom is 0.0591 e. The fourth-order valence-corrected chi connectivity index (χ4v) is 6.52. The molecular weight excluding hydrogens is 356 g/mol. The van der Waals surface area contributed by atoms with Crippen molar-refractivity contribution in [2.24, 2.45) is 23.2 Å². The number of hydrogen-bond acceptors (Lipinski definition) is 2. The highest BCUT2D eigenvalue weighted by atomic mass is 16.3. The highest BCUT2D eigenvalue weighted by Gasteiger charge is 2.49. The van der Waals surface area contributed by atoms with E-state index in [0.29, 0.717) is 11.3 Å². The normalized spacial score (nSPS) is 34.4. The van der Waals surface area contributed by atoms with E-state index >= 15 is 0 Å². The first kappa shape index (κ1) is 22.8. The molecule has 0 spiro atoms. The second-order valence-electron chi connectivity index (χ2n) is 11.2. The maximum absolute atomic E-state index is 10.0. The summed E-state index contributed by atoms with van der Waals surface area (Å²) in [6.07, 6.45) is 18.2. The molecule has 0 saturated heterocycles. The van der Waals surface area contributed by atoms with Crippen LogP contribution in [0.25, 0.3) is 0 Å². The molecule has 3 rings (SSSR count). The van der Waals surface area contributed by atoms with Crippen LogP contribution < -0.4 is 0 Å². The van der Waals surface area contributed by atoms with Crippen LogP contribution in [-0.4, -0.2) is 21.9 Å². The molecule has 1 fully saturated rings. The zero-order valence-corrected chi connectivity index (χ0v) is 19.5. The minimum absolute atomic E-state index is 0.162. The smallest absolute Gasteiger partial charge is 0.0591 e. The molecule has 0 amide bonds. The Morgan fingerprint density at radius 1 is 1.24 bits per heavy atom. The average molecular weight is 401 g/mol. The van der Waals surface area contributed by atoms with E-state index in [4.69, 9.17) is 0 Å². The highest BCUT2D eigenvalue weighted by Crippen LogP contribution is 2.58. The van der Waals surface area contributed by atoms with Crippen molar-refractivity contribution in [2.75, 3.05) is 0 Å². The molecule has 2 heteroatoms. The molecule has 5 unspecified atom stereocenters. The first-order valence-corrected chi connectivity index (χ1v) is 12.1. The van der Waals surface area contributed by atoms with Gasteiger partial charge in [0.1, 0.15) is 0 Å². The zero-order valence-electron chi connectivity index (χ0n) is 19.5. The third-order valence-electron chi connectivity index (χ3n) is 8.34. The van der Waals surface area contributed by atoms with Crippen molar-refractivity contribution in [1.29, 1.82) is 0 Å². The standard InChI is InChI=1S/C27H44O2/c1-19-10-13-23(28)18-22(19)12-11-21-9-7-17-27(5)24(14-15-25(21)27)20(2)8-6-16-26(3,4)29/h9,11-12,20,23-25,28-29H,6-8,10,13-18H2,1-5H3/b12-11+. The summed E-state index contributed by atoms with van der Waals surface area (Å²) in [7, 11) is 0. The second kappa shape index (κ2) is 9.10. The predicted octanol–water partition coefficient (Wildman–Crippen LogP) is 6.73. The van der Waals surface area contributed by atoms with E-state index in [9.17, 15) is 10.2 Å². The van der Waals surface area contributed by atoms with Crippen molar-refractivity contribution in [3.63, 3.8) is 0 Å². The first-order valence-electron chi connectivity index (χ1n) is 12.1. The minimum atomic E-state index is -0.535. The Kier molecular flexibility index (Phi) is 7.16. The van der Waals surface area contributed by atoms with E-state index in [2.05, 4.69) is 39.0 Å². The number of fused-ring (bicyclic) bond motifs is 1. The molecule has 2 N–H and O–H groups in total. The Labute approximate surface area is 179 Å². The molecule has 1 saturated carbocycles. The molecule has 0 aromatic heterocycles. The summed E-state index contributed by atoms with van der Waals surface area (Å²) in [6.45, 7) is 11.1. The van der Waals surface area contributed by atoms with Gasteiger partial charge in [-0.15, -0.1) is 0 Å². The lowest BCUT2D eigenvalue weighted by molar-refractivity contribution is 0.0613. The van der Waals surface area contributed by atoms with Gasteiger partial charge in [0.2, 0.25) is 0 Å². The van der Waals surface area contributed by atoms with Gasteiger partial charge in [-0.25, -0.2) is 0 Å². The molecule has 0 aromatic rings. The molecule has 164 valence electrons. The minimum Gasteiger partial charge on any atom is -0.393 e. The number of aliphatic hydroxyl groups excluding tert-OH is 1. The highest BCUT2D eigenvalue weighted by molar-refractivity contribution is 5.36. The van der Waals surface area contributed by atoms with Crippen molar-refractivity contribution in [1.82, 2.24) is 0 Å². The van der Waals surface area contributed by atoms with E-state index in [1.807, 2.05) is 13.8 Å². The summed E-state index contributed by atoms with van der Waals surface area (Å²) in [5.41, 5.74) is 4.23. The van der Waals surface area contributed by atoms with Crippen LogP contribution in [0.15, 0.2) is 34.9 Å². The van der Waals surface area contributed by atoms with Gasteiger partial charge in [-0.2, -0.15) is 0 Å². The van der Waals surface area contributed by atoms with Gasteiger partial charge in [-0.1, -0.05) is 50.5 Å². The van der Waals surface area contributed by atoms with Crippen molar-refractivity contribution >= 4 is 0 Å². The van der Waals surface area contributed by atoms with Crippen LogP contribution in [0.4, 0.5) is 0 Å². The number of rotatable bonds is 7. The number of hydrogen-bond donors (Lipinski definition) is 2. The van der Waals surface area contributed by atoms with Gasteiger partial charge < -0.3 is 10.2 Å². The fourth-order valence-electron chi connectivity index (χ4n) is 6.52. The van der Waals surface area contributed by atoms with Gasteiger partial charge in [0.15, 0.2) is 0 Å². The van der Waals surface area contributed by atoms with Crippen molar-refractivity contribution in [3.05, 3.63) is 34.9 Å². The summed E-state index contributed by atoms with van der Waals surface area (Å²) in [4.78, 5) is 0. The van der Waals surface area contributed by atoms with Crippen LogP contribution in [0, 0.1) is 23.2 Å². The lowest BCUT2D eigenvalue weighted by Gasteiger charge is -2.43. The molecule has 0 radical (unpaired) electrons. The molecule has 0 aliphatic heterocycles. The van der Waals surface area contributed by atoms with E-state index in [1.54, 1.807) is 5.57 Å². The zero-order chi connectivity index (χ0) is 21.2. The predicted molar refractivity (Wildman–Crippen MR) is 123 cm³/mol. The summed E-state index contributed by atoms with van der Waals surface area (Å²) in [5, 5.41) is 20.1. The van der Waals surface area contributed by atoms with Gasteiger partial charge in [-0.3, -0.25) is 0 Å². The van der Waals surface area contributed by atoms with Gasteiger partial charge in [-0.05, 0) is 106 Å². The van der Waals surface area contributed by atoms with Crippen molar-refractivity contribution in [2.45, 2.75) is 111 Å². The van der Waals surface area contributed by atoms with Crippen LogP contribution in [0.2, 0.25) is 0 Å². The van der Waals surface area contributed by atoms with Crippen LogP contribution in [0.3, 0.4) is 0 Å². The summed E-state index contributed by atoms with van der Waals surface area (Å²) in [6, 6.07) is 0. The van der Waals surface area contributed by atoms with E-state index in [1.165, 1.54) is 43.3 Å². The third-order valence-corrected chi connectivity index (χ3v) is 8.34. The average Bonchev–Trinajstić information content (AvgIpc) is 2.99. The monoisotopic (exact) mass is 400 g/mol. The Balaban J connectivity index is 1.66. The number of allylic oxidation sites excluding steroid dienone is 5. The summed E-state index contributed by atoms with van der Waals surface area (Å²) < 4.78 is 0. The molecular formula is C27H44O2. The molecule has 2 nitrogen and oxygen atoms in total. The largest absolute Gasteiger partial charge is 0.393 e. The van der Waals surface area contributed by atoms with Gasteiger partial charge >= 0.3 is 0 Å². The van der Waals surface area contributed by atoms with Gasteiger partial charge in [0, 0.05) is 0 Å². The molecule has 5 atom stereocenters. The van der Waals surface area contributed by atoms with E-state index < -0.39 is 5.60 Å². The van der Waals surface area contributed by atoms with E-state index in [0.717, 1.165) is 43.9 Å². The van der Waals surface area contributed by atoms with Gasteiger partial charge in [0.05, 0.1) is 11.7 Å². The quantitative estimate of drug-likeness (QED) is 0.497. The van der Waals surface area contributed by atoms with Crippen LogP contribution in [-0.2, 0) is 0 Å². The molecule has 3 aliphatic rings. The Morgan fingerprint density at radius 3 is 2.72 bits per heavy atom. The lowest BCUT2D eigenvalue weighted by Crippen LogP contribution is -2.35. The lowest BCUT2D eigenvalue weighted by atomic mass is 9.62. The SMILES string of the molecule is CC1=C(/C=C/C2=CCCC3(C)C2CCC3C(C)CCCC(C)(C)O)CC(O)CC1. The molecule has 0 bridgehead atoms. The maximum atomic E-state index is 10.0. The van der Waals surface area contributed by atoms with E-state index in [-0.39, 0.29) is 6.10 Å². The molecule has 0 aromatic carbocycles. The van der Waals surface area contributed by atoms with Gasteiger partial charge in [0.25, 0.3) is 0 Å². The Hall–Kier alpha value is -0.860. The first-order chi connectivity index (χ1) is 13.6. The fraction of sp³-hybridized carbons (Fsp3) is 0.778. The second-order valence-corrected chi connectivity index (χ2v) is 11.2. The Morgan fingerprint density at radius 2 is 2.00 bits per heavy atom. The molecule has 0 heterocycles. The Bertz CT molecular complexity index is 663. The topological polar surface area (TPSA) is 40.5 Å². The third kappa shape index (κ3) is 5.44. The molecule has 29 heavy (non-hydrogen) atoms. The summed E-state index contributed by atoms with van der Waals surface area (Å²) >= 11 is 0. The van der Waals surface area contributed by atoms with Crippen LogP contribution >= 0.6 is 0 Å².